The molecule has 2 aliphatic rings. The summed E-state index contributed by atoms with van der Waals surface area (Å²) in [4.78, 5) is 0.230. The first-order valence-corrected chi connectivity index (χ1v) is 9.20. The van der Waals surface area contributed by atoms with E-state index < -0.39 is 10.0 Å². The molecule has 3 atom stereocenters. The molecule has 3 rings (SSSR count). The van der Waals surface area contributed by atoms with Gasteiger partial charge >= 0.3 is 0 Å². The third kappa shape index (κ3) is 2.26. The Labute approximate surface area is 132 Å². The Morgan fingerprint density at radius 1 is 1.23 bits per heavy atom. The predicted octanol–water partition coefficient (Wildman–Crippen LogP) is 3.05. The van der Waals surface area contributed by atoms with E-state index in [-0.39, 0.29) is 21.8 Å². The fourth-order valence-corrected chi connectivity index (χ4v) is 6.06. The first-order valence-electron chi connectivity index (χ1n) is 7.71. The van der Waals surface area contributed by atoms with Gasteiger partial charge in [-0.2, -0.15) is 5.26 Å². The largest absolute Gasteiger partial charge is 0.240 e. The second-order valence-electron chi connectivity index (χ2n) is 7.61. The fourth-order valence-electron chi connectivity index (χ4n) is 4.53. The van der Waals surface area contributed by atoms with Crippen LogP contribution in [0.15, 0.2) is 29.2 Å². The summed E-state index contributed by atoms with van der Waals surface area (Å²) >= 11 is 0. The Kier molecular flexibility index (Phi) is 3.39. The highest BCUT2D eigenvalue weighted by Crippen LogP contribution is 2.62. The molecule has 0 radical (unpaired) electrons. The SMILES string of the molecule is CC12CCC(C1)C(C)(C)C2NS(=O)(=O)c1ccc(C#N)cc1. The molecule has 0 spiro atoms. The highest BCUT2D eigenvalue weighted by molar-refractivity contribution is 7.89. The fraction of sp³-hybridized carbons (Fsp3) is 0.588. The van der Waals surface area contributed by atoms with Gasteiger partial charge in [0, 0.05) is 6.04 Å². The molecule has 3 unspecified atom stereocenters. The van der Waals surface area contributed by atoms with Gasteiger partial charge in [0.2, 0.25) is 10.0 Å². The van der Waals surface area contributed by atoms with Crippen LogP contribution in [0, 0.1) is 28.1 Å². The monoisotopic (exact) mass is 318 g/mol. The number of hydrogen-bond donors (Lipinski definition) is 1. The van der Waals surface area contributed by atoms with E-state index in [0.717, 1.165) is 12.8 Å². The maximum atomic E-state index is 12.7. The van der Waals surface area contributed by atoms with Crippen molar-refractivity contribution < 1.29 is 8.42 Å². The molecule has 1 aromatic carbocycles. The molecule has 0 heterocycles. The van der Waals surface area contributed by atoms with Crippen molar-refractivity contribution in [3.05, 3.63) is 29.8 Å². The number of fused-ring (bicyclic) bond motifs is 2. The molecule has 0 aromatic heterocycles. The lowest BCUT2D eigenvalue weighted by Crippen LogP contribution is -2.52. The lowest BCUT2D eigenvalue weighted by Gasteiger charge is -2.42. The van der Waals surface area contributed by atoms with Crippen LogP contribution in [-0.2, 0) is 10.0 Å². The van der Waals surface area contributed by atoms with Gasteiger partial charge in [0.05, 0.1) is 16.5 Å². The molecule has 4 nitrogen and oxygen atoms in total. The molecule has 1 N–H and O–H groups in total. The topological polar surface area (TPSA) is 70.0 Å². The van der Waals surface area contributed by atoms with Gasteiger partial charge in [0.1, 0.15) is 0 Å². The predicted molar refractivity (Wildman–Crippen MR) is 84.5 cm³/mol. The normalized spacial score (nSPS) is 32.8. The molecular formula is C17H22N2O2S. The van der Waals surface area contributed by atoms with Crippen LogP contribution in [0.1, 0.15) is 45.6 Å². The summed E-state index contributed by atoms with van der Waals surface area (Å²) in [6.45, 7) is 6.55. The summed E-state index contributed by atoms with van der Waals surface area (Å²) in [6.07, 6.45) is 3.38. The van der Waals surface area contributed by atoms with Crippen LogP contribution >= 0.6 is 0 Å². The Morgan fingerprint density at radius 3 is 2.36 bits per heavy atom. The molecule has 5 heteroatoms. The highest BCUT2D eigenvalue weighted by Gasteiger charge is 2.60. The van der Waals surface area contributed by atoms with Gasteiger partial charge in [-0.05, 0) is 60.3 Å². The number of sulfonamides is 1. The Hall–Kier alpha value is -1.38. The van der Waals surface area contributed by atoms with Crippen molar-refractivity contribution in [1.82, 2.24) is 4.72 Å². The number of rotatable bonds is 3. The summed E-state index contributed by atoms with van der Waals surface area (Å²) in [7, 11) is -3.56. The molecule has 2 saturated carbocycles. The summed E-state index contributed by atoms with van der Waals surface area (Å²) in [5, 5.41) is 8.82. The van der Waals surface area contributed by atoms with Crippen molar-refractivity contribution in [2.75, 3.05) is 0 Å². The average molecular weight is 318 g/mol. The molecule has 0 amide bonds. The minimum Gasteiger partial charge on any atom is -0.207 e. The standard InChI is InChI=1S/C17H22N2O2S/c1-16(2)13-8-9-17(3,10-13)15(16)19-22(20,21)14-6-4-12(11-18)5-7-14/h4-7,13,15,19H,8-10H2,1-3H3. The Morgan fingerprint density at radius 2 is 1.86 bits per heavy atom. The van der Waals surface area contributed by atoms with Crippen molar-refractivity contribution >= 4 is 10.0 Å². The minimum absolute atomic E-state index is 0.0212. The van der Waals surface area contributed by atoms with Crippen LogP contribution in [0.25, 0.3) is 0 Å². The lowest BCUT2D eigenvalue weighted by molar-refractivity contribution is 0.127. The zero-order chi connectivity index (χ0) is 16.2. The second kappa shape index (κ2) is 4.81. The second-order valence-corrected chi connectivity index (χ2v) is 9.32. The van der Waals surface area contributed by atoms with E-state index in [0.29, 0.717) is 11.5 Å². The van der Waals surface area contributed by atoms with E-state index in [9.17, 15) is 8.42 Å². The molecule has 0 saturated heterocycles. The number of benzene rings is 1. The zero-order valence-electron chi connectivity index (χ0n) is 13.3. The van der Waals surface area contributed by atoms with Gasteiger partial charge < -0.3 is 0 Å². The molecule has 2 aliphatic carbocycles. The van der Waals surface area contributed by atoms with E-state index in [2.05, 4.69) is 25.5 Å². The maximum absolute atomic E-state index is 12.7. The Bertz CT molecular complexity index is 726. The van der Waals surface area contributed by atoms with Crippen LogP contribution in [-0.4, -0.2) is 14.5 Å². The van der Waals surface area contributed by atoms with Crippen LogP contribution in [0.2, 0.25) is 0 Å². The smallest absolute Gasteiger partial charge is 0.207 e. The summed E-state index contributed by atoms with van der Waals surface area (Å²) in [5.41, 5.74) is 0.492. The van der Waals surface area contributed by atoms with Crippen molar-refractivity contribution in [3.8, 4) is 6.07 Å². The van der Waals surface area contributed by atoms with E-state index in [1.165, 1.54) is 18.6 Å². The number of nitriles is 1. The van der Waals surface area contributed by atoms with Gasteiger partial charge in [-0.1, -0.05) is 20.8 Å². The van der Waals surface area contributed by atoms with Crippen molar-refractivity contribution in [1.29, 1.82) is 5.26 Å². The first-order chi connectivity index (χ1) is 10.2. The van der Waals surface area contributed by atoms with Crippen LogP contribution < -0.4 is 4.72 Å². The van der Waals surface area contributed by atoms with Crippen molar-refractivity contribution in [3.63, 3.8) is 0 Å². The number of nitrogens with one attached hydrogen (secondary N) is 1. The van der Waals surface area contributed by atoms with Gasteiger partial charge in [0.15, 0.2) is 0 Å². The first kappa shape index (κ1) is 15.5. The van der Waals surface area contributed by atoms with E-state index in [1.54, 1.807) is 12.1 Å². The van der Waals surface area contributed by atoms with Crippen LogP contribution in [0.5, 0.6) is 0 Å². The molecule has 0 aliphatic heterocycles. The third-order valence-electron chi connectivity index (χ3n) is 5.84. The molecule has 22 heavy (non-hydrogen) atoms. The highest BCUT2D eigenvalue weighted by atomic mass is 32.2. The van der Waals surface area contributed by atoms with E-state index in [1.807, 2.05) is 6.07 Å². The van der Waals surface area contributed by atoms with E-state index >= 15 is 0 Å². The average Bonchev–Trinajstić information content (AvgIpc) is 2.95. The number of hydrogen-bond acceptors (Lipinski definition) is 3. The van der Waals surface area contributed by atoms with E-state index in [4.69, 9.17) is 5.26 Å². The number of nitrogens with zero attached hydrogens (tertiary/aromatic N) is 1. The molecule has 2 fully saturated rings. The molecular weight excluding hydrogens is 296 g/mol. The maximum Gasteiger partial charge on any atom is 0.240 e. The zero-order valence-corrected chi connectivity index (χ0v) is 14.1. The van der Waals surface area contributed by atoms with Crippen LogP contribution in [0.3, 0.4) is 0 Å². The Balaban J connectivity index is 1.90. The van der Waals surface area contributed by atoms with Gasteiger partial charge in [-0.25, -0.2) is 13.1 Å². The third-order valence-corrected chi connectivity index (χ3v) is 7.28. The minimum atomic E-state index is -3.56. The van der Waals surface area contributed by atoms with Gasteiger partial charge in [-0.15, -0.1) is 0 Å². The summed E-state index contributed by atoms with van der Waals surface area (Å²) < 4.78 is 28.4. The molecule has 1 aromatic rings. The lowest BCUT2D eigenvalue weighted by atomic mass is 9.69. The summed E-state index contributed by atoms with van der Waals surface area (Å²) in [5.74, 6) is 0.589. The summed E-state index contributed by atoms with van der Waals surface area (Å²) in [6, 6.07) is 8.06. The quantitative estimate of drug-likeness (QED) is 0.931. The van der Waals surface area contributed by atoms with Crippen LogP contribution in [0.4, 0.5) is 0 Å². The molecule has 2 bridgehead atoms. The molecule has 118 valence electrons. The van der Waals surface area contributed by atoms with Crippen molar-refractivity contribution in [2.45, 2.75) is 51.0 Å². The van der Waals surface area contributed by atoms with Gasteiger partial charge in [0.25, 0.3) is 0 Å². The van der Waals surface area contributed by atoms with Gasteiger partial charge in [-0.3, -0.25) is 0 Å². The van der Waals surface area contributed by atoms with Crippen molar-refractivity contribution in [2.24, 2.45) is 16.7 Å².